The molecule has 0 aliphatic rings. The van der Waals surface area contributed by atoms with E-state index in [1.807, 2.05) is 6.07 Å². The van der Waals surface area contributed by atoms with Crippen molar-refractivity contribution in [2.75, 3.05) is 0 Å². The highest BCUT2D eigenvalue weighted by Crippen LogP contribution is 2.28. The summed E-state index contributed by atoms with van der Waals surface area (Å²) in [7, 11) is 0. The topological polar surface area (TPSA) is 9.23 Å². The fourth-order valence-corrected chi connectivity index (χ4v) is 2.36. The van der Waals surface area contributed by atoms with E-state index in [0.717, 1.165) is 11.1 Å². The molecule has 0 unspecified atom stereocenters. The van der Waals surface area contributed by atoms with Gasteiger partial charge in [-0.05, 0) is 39.7 Å². The molecule has 0 radical (unpaired) electrons. The van der Waals surface area contributed by atoms with Crippen LogP contribution in [0.1, 0.15) is 11.1 Å². The number of rotatable bonds is 4. The number of halogens is 4. The zero-order chi connectivity index (χ0) is 13.8. The van der Waals surface area contributed by atoms with E-state index in [-0.39, 0.29) is 12.4 Å². The van der Waals surface area contributed by atoms with E-state index in [4.69, 9.17) is 27.9 Å². The quantitative estimate of drug-likeness (QED) is 0.646. The van der Waals surface area contributed by atoms with Gasteiger partial charge < -0.3 is 4.74 Å². The van der Waals surface area contributed by atoms with Crippen LogP contribution in [0.5, 0.6) is 5.75 Å². The number of alkyl halides is 1. The summed E-state index contributed by atoms with van der Waals surface area (Å²) in [5.74, 6) is 0.631. The van der Waals surface area contributed by atoms with Crippen molar-refractivity contribution in [3.8, 4) is 5.75 Å². The monoisotopic (exact) mass is 362 g/mol. The molecule has 0 amide bonds. The molecule has 0 saturated heterocycles. The zero-order valence-electron chi connectivity index (χ0n) is 9.80. The molecule has 0 aliphatic carbocycles. The van der Waals surface area contributed by atoms with Crippen molar-refractivity contribution in [3.05, 3.63) is 62.8 Å². The first-order valence-electron chi connectivity index (χ1n) is 5.52. The Morgan fingerprint density at radius 2 is 2.00 bits per heavy atom. The second-order valence-corrected chi connectivity index (χ2v) is 5.37. The molecule has 2 aromatic rings. The molecular formula is C14H10BrCl2FO. The van der Waals surface area contributed by atoms with Crippen molar-refractivity contribution >= 4 is 39.1 Å². The SMILES string of the molecule is Fc1cccc(COc2ccc(CCl)cc2Cl)c1Br. The molecule has 5 heteroatoms. The highest BCUT2D eigenvalue weighted by molar-refractivity contribution is 9.10. The summed E-state index contributed by atoms with van der Waals surface area (Å²) in [6, 6.07) is 10.2. The van der Waals surface area contributed by atoms with E-state index in [1.165, 1.54) is 6.07 Å². The van der Waals surface area contributed by atoms with Crippen molar-refractivity contribution in [2.45, 2.75) is 12.5 Å². The van der Waals surface area contributed by atoms with Crippen molar-refractivity contribution in [1.82, 2.24) is 0 Å². The molecule has 0 N–H and O–H groups in total. The van der Waals surface area contributed by atoms with Gasteiger partial charge in [0.05, 0.1) is 9.50 Å². The minimum atomic E-state index is -0.315. The highest BCUT2D eigenvalue weighted by atomic mass is 79.9. The lowest BCUT2D eigenvalue weighted by Crippen LogP contribution is -1.98. The molecule has 0 aliphatic heterocycles. The summed E-state index contributed by atoms with van der Waals surface area (Å²) in [5.41, 5.74) is 1.64. The number of hydrogen-bond acceptors (Lipinski definition) is 1. The molecule has 1 nitrogen and oxygen atoms in total. The Labute approximate surface area is 129 Å². The molecular weight excluding hydrogens is 354 g/mol. The maximum atomic E-state index is 13.3. The van der Waals surface area contributed by atoms with Gasteiger partial charge in [0, 0.05) is 11.4 Å². The van der Waals surface area contributed by atoms with E-state index in [2.05, 4.69) is 15.9 Å². The maximum Gasteiger partial charge on any atom is 0.138 e. The van der Waals surface area contributed by atoms with Gasteiger partial charge in [0.15, 0.2) is 0 Å². The van der Waals surface area contributed by atoms with Crippen molar-refractivity contribution in [1.29, 1.82) is 0 Å². The number of hydrogen-bond donors (Lipinski definition) is 0. The molecule has 2 aromatic carbocycles. The van der Waals surface area contributed by atoms with E-state index in [0.29, 0.717) is 21.1 Å². The average molecular weight is 364 g/mol. The Bertz CT molecular complexity index is 590. The van der Waals surface area contributed by atoms with Gasteiger partial charge >= 0.3 is 0 Å². The molecule has 0 aromatic heterocycles. The summed E-state index contributed by atoms with van der Waals surface area (Å²) < 4.78 is 19.3. The van der Waals surface area contributed by atoms with Gasteiger partial charge in [-0.25, -0.2) is 4.39 Å². The van der Waals surface area contributed by atoms with Gasteiger partial charge in [-0.15, -0.1) is 11.6 Å². The molecule has 19 heavy (non-hydrogen) atoms. The third-order valence-electron chi connectivity index (χ3n) is 2.57. The summed E-state index contributed by atoms with van der Waals surface area (Å²) >= 11 is 15.0. The zero-order valence-corrected chi connectivity index (χ0v) is 12.9. The fourth-order valence-electron chi connectivity index (χ4n) is 1.56. The second-order valence-electron chi connectivity index (χ2n) is 3.90. The van der Waals surface area contributed by atoms with Gasteiger partial charge in [-0.2, -0.15) is 0 Å². The molecule has 0 spiro atoms. The van der Waals surface area contributed by atoms with Crippen molar-refractivity contribution in [3.63, 3.8) is 0 Å². The smallest absolute Gasteiger partial charge is 0.138 e. The van der Waals surface area contributed by atoms with Crippen molar-refractivity contribution in [2.24, 2.45) is 0 Å². The third-order valence-corrected chi connectivity index (χ3v) is 4.06. The fraction of sp³-hybridized carbons (Fsp3) is 0.143. The molecule has 0 bridgehead atoms. The Balaban J connectivity index is 2.12. The summed E-state index contributed by atoms with van der Waals surface area (Å²) in [6.07, 6.45) is 0. The Morgan fingerprint density at radius 3 is 2.68 bits per heavy atom. The largest absolute Gasteiger partial charge is 0.487 e. The molecule has 0 heterocycles. The van der Waals surface area contributed by atoms with Crippen LogP contribution in [0.15, 0.2) is 40.9 Å². The molecule has 100 valence electrons. The molecule has 0 saturated carbocycles. The normalized spacial score (nSPS) is 10.5. The number of benzene rings is 2. The number of ether oxygens (including phenoxy) is 1. The van der Waals surface area contributed by atoms with E-state index < -0.39 is 0 Å². The van der Waals surface area contributed by atoms with Gasteiger partial charge in [0.25, 0.3) is 0 Å². The lowest BCUT2D eigenvalue weighted by atomic mass is 10.2. The third kappa shape index (κ3) is 3.62. The summed E-state index contributed by atoms with van der Waals surface area (Å²) in [5, 5.41) is 0.491. The van der Waals surface area contributed by atoms with Crippen LogP contribution in [-0.2, 0) is 12.5 Å². The standard InChI is InChI=1S/C14H10BrCl2FO/c15-14-10(2-1-3-12(14)18)8-19-13-5-4-9(7-16)6-11(13)17/h1-6H,7-8H2. The first-order valence-corrected chi connectivity index (χ1v) is 7.22. The van der Waals surface area contributed by atoms with Gasteiger partial charge in [0.2, 0.25) is 0 Å². The summed E-state index contributed by atoms with van der Waals surface area (Å²) in [4.78, 5) is 0. The van der Waals surface area contributed by atoms with E-state index >= 15 is 0 Å². The van der Waals surface area contributed by atoms with Gasteiger partial charge in [-0.1, -0.05) is 29.8 Å². The summed E-state index contributed by atoms with van der Waals surface area (Å²) in [6.45, 7) is 0.234. The first kappa shape index (κ1) is 14.6. The van der Waals surface area contributed by atoms with Crippen LogP contribution in [0.3, 0.4) is 0 Å². The van der Waals surface area contributed by atoms with Crippen LogP contribution in [0.4, 0.5) is 4.39 Å². The Hall–Kier alpha value is -0.770. The van der Waals surface area contributed by atoms with Crippen LogP contribution in [0.2, 0.25) is 5.02 Å². The Kier molecular flexibility index (Phi) is 5.08. The van der Waals surface area contributed by atoms with Gasteiger partial charge in [-0.3, -0.25) is 0 Å². The van der Waals surface area contributed by atoms with Crippen LogP contribution in [0, 0.1) is 5.82 Å². The second kappa shape index (κ2) is 6.60. The predicted molar refractivity (Wildman–Crippen MR) is 79.4 cm³/mol. The van der Waals surface area contributed by atoms with Crippen LogP contribution >= 0.6 is 39.1 Å². The molecule has 0 fully saturated rings. The molecule has 2 rings (SSSR count). The Morgan fingerprint density at radius 1 is 1.21 bits per heavy atom. The van der Waals surface area contributed by atoms with Crippen LogP contribution in [-0.4, -0.2) is 0 Å². The molecule has 0 atom stereocenters. The lowest BCUT2D eigenvalue weighted by Gasteiger charge is -2.10. The maximum absolute atomic E-state index is 13.3. The predicted octanol–water partition coefficient (Wildman–Crippen LogP) is 5.56. The van der Waals surface area contributed by atoms with E-state index in [9.17, 15) is 4.39 Å². The average Bonchev–Trinajstić information content (AvgIpc) is 2.41. The van der Waals surface area contributed by atoms with Gasteiger partial charge in [0.1, 0.15) is 18.2 Å². The van der Waals surface area contributed by atoms with Crippen LogP contribution < -0.4 is 4.74 Å². The lowest BCUT2D eigenvalue weighted by molar-refractivity contribution is 0.305. The van der Waals surface area contributed by atoms with Crippen molar-refractivity contribution < 1.29 is 9.13 Å². The minimum absolute atomic E-state index is 0.234. The first-order chi connectivity index (χ1) is 9.11. The highest BCUT2D eigenvalue weighted by Gasteiger charge is 2.07. The van der Waals surface area contributed by atoms with Crippen LogP contribution in [0.25, 0.3) is 0 Å². The van der Waals surface area contributed by atoms with E-state index in [1.54, 1.807) is 24.3 Å². The minimum Gasteiger partial charge on any atom is -0.487 e.